The molecule has 2 N–H and O–H groups in total. The fraction of sp³-hybridized carbons (Fsp3) is 0.500. The maximum atomic E-state index is 10.1. The SMILES string of the molecule is COc1ccc(C(C)NCC(O)c2ccco2)cc1CN1CCCC1. The van der Waals surface area contributed by atoms with Crippen LogP contribution in [0, 0.1) is 0 Å². The molecule has 0 aliphatic carbocycles. The van der Waals surface area contributed by atoms with Crippen LogP contribution < -0.4 is 10.1 Å². The van der Waals surface area contributed by atoms with Gasteiger partial charge in [-0.1, -0.05) is 6.07 Å². The third-order valence-corrected chi connectivity index (χ3v) is 4.89. The molecule has 3 rings (SSSR count). The van der Waals surface area contributed by atoms with Crippen molar-refractivity contribution >= 4 is 0 Å². The molecule has 0 bridgehead atoms. The van der Waals surface area contributed by atoms with Gasteiger partial charge in [0.1, 0.15) is 17.6 Å². The first kappa shape index (κ1) is 18.0. The number of likely N-dealkylation sites (tertiary alicyclic amines) is 1. The highest BCUT2D eigenvalue weighted by Gasteiger charge is 2.17. The minimum absolute atomic E-state index is 0.132. The Kier molecular flexibility index (Phi) is 6.13. The number of ether oxygens (including phenoxy) is 1. The van der Waals surface area contributed by atoms with E-state index in [2.05, 4.69) is 29.3 Å². The lowest BCUT2D eigenvalue weighted by Gasteiger charge is -2.21. The third-order valence-electron chi connectivity index (χ3n) is 4.89. The van der Waals surface area contributed by atoms with Gasteiger partial charge in [-0.3, -0.25) is 4.90 Å². The second kappa shape index (κ2) is 8.52. The lowest BCUT2D eigenvalue weighted by atomic mass is 10.0. The first-order chi connectivity index (χ1) is 12.2. The molecule has 5 nitrogen and oxygen atoms in total. The number of hydrogen-bond acceptors (Lipinski definition) is 5. The van der Waals surface area contributed by atoms with Gasteiger partial charge < -0.3 is 19.6 Å². The third kappa shape index (κ3) is 4.63. The Morgan fingerprint density at radius 3 is 2.76 bits per heavy atom. The maximum absolute atomic E-state index is 10.1. The van der Waals surface area contributed by atoms with Gasteiger partial charge in [-0.15, -0.1) is 0 Å². The van der Waals surface area contributed by atoms with Crippen LogP contribution in [0.15, 0.2) is 41.0 Å². The summed E-state index contributed by atoms with van der Waals surface area (Å²) in [7, 11) is 1.73. The van der Waals surface area contributed by atoms with Gasteiger partial charge in [0.05, 0.1) is 13.4 Å². The topological polar surface area (TPSA) is 57.9 Å². The Labute approximate surface area is 149 Å². The van der Waals surface area contributed by atoms with Gasteiger partial charge in [0.25, 0.3) is 0 Å². The molecular weight excluding hydrogens is 316 g/mol. The maximum Gasteiger partial charge on any atom is 0.133 e. The van der Waals surface area contributed by atoms with Crippen molar-refractivity contribution in [2.45, 2.75) is 38.5 Å². The molecule has 1 aliphatic rings. The number of nitrogens with zero attached hydrogens (tertiary/aromatic N) is 1. The molecule has 0 saturated carbocycles. The standard InChI is InChI=1S/C20H28N2O3/c1-15(21-13-18(23)20-6-5-11-25-20)16-7-8-19(24-2)17(12-16)14-22-9-3-4-10-22/h5-8,11-12,15,18,21,23H,3-4,9-10,13-14H2,1-2H3. The van der Waals surface area contributed by atoms with E-state index in [1.165, 1.54) is 24.0 Å². The van der Waals surface area contributed by atoms with E-state index in [4.69, 9.17) is 9.15 Å². The van der Waals surface area contributed by atoms with Crippen molar-refractivity contribution in [1.29, 1.82) is 0 Å². The van der Waals surface area contributed by atoms with Crippen molar-refractivity contribution in [2.24, 2.45) is 0 Å². The fourth-order valence-electron chi connectivity index (χ4n) is 3.36. The molecule has 25 heavy (non-hydrogen) atoms. The molecule has 2 heterocycles. The summed E-state index contributed by atoms with van der Waals surface area (Å²) < 4.78 is 10.8. The van der Waals surface area contributed by atoms with E-state index >= 15 is 0 Å². The number of benzene rings is 1. The van der Waals surface area contributed by atoms with Crippen LogP contribution in [0.3, 0.4) is 0 Å². The molecular formula is C20H28N2O3. The molecule has 0 spiro atoms. The zero-order chi connectivity index (χ0) is 17.6. The minimum Gasteiger partial charge on any atom is -0.496 e. The van der Waals surface area contributed by atoms with Crippen molar-refractivity contribution < 1.29 is 14.3 Å². The van der Waals surface area contributed by atoms with Crippen LogP contribution in [0.2, 0.25) is 0 Å². The zero-order valence-corrected chi connectivity index (χ0v) is 15.1. The molecule has 1 fully saturated rings. The van der Waals surface area contributed by atoms with Crippen LogP contribution in [0.25, 0.3) is 0 Å². The summed E-state index contributed by atoms with van der Waals surface area (Å²) in [5.41, 5.74) is 2.42. The van der Waals surface area contributed by atoms with Crippen LogP contribution in [0.5, 0.6) is 5.75 Å². The molecule has 0 radical (unpaired) electrons. The van der Waals surface area contributed by atoms with E-state index in [-0.39, 0.29) is 6.04 Å². The van der Waals surface area contributed by atoms with Crippen molar-refractivity contribution in [3.63, 3.8) is 0 Å². The lowest BCUT2D eigenvalue weighted by molar-refractivity contribution is 0.144. The summed E-state index contributed by atoms with van der Waals surface area (Å²) >= 11 is 0. The largest absolute Gasteiger partial charge is 0.496 e. The minimum atomic E-state index is -0.639. The second-order valence-corrected chi connectivity index (χ2v) is 6.72. The van der Waals surface area contributed by atoms with Gasteiger partial charge in [0.2, 0.25) is 0 Å². The van der Waals surface area contributed by atoms with E-state index in [1.807, 2.05) is 6.07 Å². The highest BCUT2D eigenvalue weighted by atomic mass is 16.5. The highest BCUT2D eigenvalue weighted by Crippen LogP contribution is 2.26. The second-order valence-electron chi connectivity index (χ2n) is 6.72. The van der Waals surface area contributed by atoms with Crippen LogP contribution in [-0.4, -0.2) is 36.8 Å². The summed E-state index contributed by atoms with van der Waals surface area (Å²) in [4.78, 5) is 2.47. The summed E-state index contributed by atoms with van der Waals surface area (Å²) in [6.07, 6.45) is 3.51. The fourth-order valence-corrected chi connectivity index (χ4v) is 3.36. The number of nitrogens with one attached hydrogen (secondary N) is 1. The Morgan fingerprint density at radius 1 is 1.28 bits per heavy atom. The first-order valence-corrected chi connectivity index (χ1v) is 9.01. The molecule has 136 valence electrons. The van der Waals surface area contributed by atoms with Gasteiger partial charge in [0.15, 0.2) is 0 Å². The van der Waals surface area contributed by atoms with Crippen LogP contribution in [0.1, 0.15) is 48.8 Å². The molecule has 2 atom stereocenters. The normalized spacial score (nSPS) is 17.6. The molecule has 2 unspecified atom stereocenters. The summed E-state index contributed by atoms with van der Waals surface area (Å²) in [6, 6.07) is 10.1. The van der Waals surface area contributed by atoms with Crippen molar-refractivity contribution in [1.82, 2.24) is 10.2 Å². The van der Waals surface area contributed by atoms with E-state index in [0.29, 0.717) is 12.3 Å². The van der Waals surface area contributed by atoms with Crippen LogP contribution >= 0.6 is 0 Å². The van der Waals surface area contributed by atoms with E-state index < -0.39 is 6.10 Å². The number of aliphatic hydroxyl groups is 1. The van der Waals surface area contributed by atoms with Crippen LogP contribution in [0.4, 0.5) is 0 Å². The number of aliphatic hydroxyl groups excluding tert-OH is 1. The zero-order valence-electron chi connectivity index (χ0n) is 15.1. The lowest BCUT2D eigenvalue weighted by Crippen LogP contribution is -2.25. The summed E-state index contributed by atoms with van der Waals surface area (Å²) in [6.45, 7) is 5.81. The number of hydrogen-bond donors (Lipinski definition) is 2. The van der Waals surface area contributed by atoms with Crippen molar-refractivity contribution in [3.8, 4) is 5.75 Å². The average molecular weight is 344 g/mol. The molecule has 1 aliphatic heterocycles. The Morgan fingerprint density at radius 2 is 2.08 bits per heavy atom. The molecule has 1 saturated heterocycles. The van der Waals surface area contributed by atoms with Gasteiger partial charge >= 0.3 is 0 Å². The predicted octanol–water partition coefficient (Wildman–Crippen LogP) is 3.27. The smallest absolute Gasteiger partial charge is 0.133 e. The van der Waals surface area contributed by atoms with E-state index in [0.717, 1.165) is 25.4 Å². The molecule has 5 heteroatoms. The summed E-state index contributed by atoms with van der Waals surface area (Å²) in [5.74, 6) is 1.53. The highest BCUT2D eigenvalue weighted by molar-refractivity contribution is 5.38. The summed E-state index contributed by atoms with van der Waals surface area (Å²) in [5, 5.41) is 13.5. The molecule has 1 aromatic heterocycles. The number of furan rings is 1. The van der Waals surface area contributed by atoms with Crippen LogP contribution in [-0.2, 0) is 6.54 Å². The van der Waals surface area contributed by atoms with Gasteiger partial charge in [-0.25, -0.2) is 0 Å². The Hall–Kier alpha value is -1.82. The predicted molar refractivity (Wildman–Crippen MR) is 97.6 cm³/mol. The molecule has 2 aromatic rings. The monoisotopic (exact) mass is 344 g/mol. The Balaban J connectivity index is 1.63. The Bertz CT molecular complexity index is 651. The van der Waals surface area contributed by atoms with E-state index in [9.17, 15) is 5.11 Å². The van der Waals surface area contributed by atoms with Gasteiger partial charge in [-0.05, 0) is 62.7 Å². The van der Waals surface area contributed by atoms with Crippen molar-refractivity contribution in [2.75, 3.05) is 26.7 Å². The quantitative estimate of drug-likeness (QED) is 0.770. The van der Waals surface area contributed by atoms with Gasteiger partial charge in [-0.2, -0.15) is 0 Å². The molecule has 1 aromatic carbocycles. The van der Waals surface area contributed by atoms with Crippen molar-refractivity contribution in [3.05, 3.63) is 53.5 Å². The molecule has 0 amide bonds. The number of methoxy groups -OCH3 is 1. The number of rotatable bonds is 8. The van der Waals surface area contributed by atoms with E-state index in [1.54, 1.807) is 25.5 Å². The average Bonchev–Trinajstić information content (AvgIpc) is 3.33. The first-order valence-electron chi connectivity index (χ1n) is 9.01. The van der Waals surface area contributed by atoms with Gasteiger partial charge in [0, 0.05) is 24.7 Å².